The highest BCUT2D eigenvalue weighted by Gasteiger charge is 2.44. The maximum absolute atomic E-state index is 9.75. The first-order chi connectivity index (χ1) is 24.6. The van der Waals surface area contributed by atoms with E-state index in [1.807, 2.05) is 42.5 Å². The number of fused-ring (bicyclic) bond motifs is 5. The van der Waals surface area contributed by atoms with Gasteiger partial charge in [0.25, 0.3) is 0 Å². The molecule has 8 rings (SSSR count). The summed E-state index contributed by atoms with van der Waals surface area (Å²) < 4.78 is 0. The van der Waals surface area contributed by atoms with E-state index < -0.39 is 0 Å². The lowest BCUT2D eigenvalue weighted by Gasteiger charge is -2.36. The Kier molecular flexibility index (Phi) is 8.57. The Hall–Kier alpha value is -5.79. The molecule has 1 unspecified atom stereocenters. The van der Waals surface area contributed by atoms with Crippen molar-refractivity contribution in [1.29, 1.82) is 5.26 Å². The van der Waals surface area contributed by atoms with Crippen molar-refractivity contribution < 1.29 is 0 Å². The number of aliphatic imine (C=N–C) groups is 2. The number of allylic oxidation sites excluding steroid dienone is 3. The second kappa shape index (κ2) is 13.6. The predicted molar refractivity (Wildman–Crippen MR) is 206 cm³/mol. The molecule has 1 spiro atoms. The normalized spacial score (nSPS) is 17.9. The maximum atomic E-state index is 9.75. The Morgan fingerprint density at radius 3 is 2.22 bits per heavy atom. The summed E-state index contributed by atoms with van der Waals surface area (Å²) in [5, 5.41) is 9.75. The molecule has 2 N–H and O–H groups in total. The van der Waals surface area contributed by atoms with E-state index in [0.29, 0.717) is 18.2 Å². The molecular formula is C46H40N4. The first-order valence-electron chi connectivity index (χ1n) is 17.8. The summed E-state index contributed by atoms with van der Waals surface area (Å²) >= 11 is 0. The van der Waals surface area contributed by atoms with E-state index in [4.69, 9.17) is 15.7 Å². The van der Waals surface area contributed by atoms with Gasteiger partial charge in [0.1, 0.15) is 5.84 Å². The number of benzene rings is 5. The van der Waals surface area contributed by atoms with Crippen LogP contribution in [0.4, 0.5) is 0 Å². The zero-order chi connectivity index (χ0) is 33.9. The minimum Gasteiger partial charge on any atom is -0.387 e. The van der Waals surface area contributed by atoms with Crippen molar-refractivity contribution in [2.24, 2.45) is 21.6 Å². The Morgan fingerprint density at radius 1 is 0.760 bits per heavy atom. The molecule has 0 heterocycles. The Balaban J connectivity index is 1.06. The summed E-state index contributed by atoms with van der Waals surface area (Å²) in [6.07, 6.45) is 13.5. The standard InChI is InChI=1S/C46H40N4/c47-30-33-19-26-40-42(29-33)46(27-8-3-9-28-46)41-16-10-15-39(43(40)41)36-22-24-37(25-23-36)44(48)50-45(38-13-6-2-7-14-38)49-31-32-17-20-35(21-18-32)34-11-4-1-5-12-34/h1-2,4-7,10-24,26,29,37H,3,8-9,25,27-28,31H2,(H2,48,49,50). The number of nitriles is 1. The Bertz CT molecular complexity index is 2190. The lowest BCUT2D eigenvalue weighted by atomic mass is 9.67. The molecule has 0 bridgehead atoms. The minimum absolute atomic E-state index is 0.00144. The molecule has 5 aromatic carbocycles. The molecule has 50 heavy (non-hydrogen) atoms. The summed E-state index contributed by atoms with van der Waals surface area (Å²) in [5.74, 6) is 1.18. The van der Waals surface area contributed by atoms with E-state index in [1.165, 1.54) is 63.8 Å². The van der Waals surface area contributed by atoms with Crippen LogP contribution in [0.3, 0.4) is 0 Å². The molecule has 0 radical (unpaired) electrons. The van der Waals surface area contributed by atoms with Gasteiger partial charge in [-0.05, 0) is 81.5 Å². The van der Waals surface area contributed by atoms with Crippen LogP contribution in [0.15, 0.2) is 150 Å². The number of amidine groups is 2. The third-order valence-electron chi connectivity index (χ3n) is 10.8. The summed E-state index contributed by atoms with van der Waals surface area (Å²) in [5.41, 5.74) is 19.8. The summed E-state index contributed by atoms with van der Waals surface area (Å²) in [7, 11) is 0. The van der Waals surface area contributed by atoms with E-state index in [2.05, 4.69) is 103 Å². The van der Waals surface area contributed by atoms with Crippen molar-refractivity contribution in [2.45, 2.75) is 50.5 Å². The first-order valence-corrected chi connectivity index (χ1v) is 17.8. The molecule has 4 heteroatoms. The van der Waals surface area contributed by atoms with Gasteiger partial charge in [0, 0.05) is 16.9 Å². The summed E-state index contributed by atoms with van der Waals surface area (Å²) in [6, 6.07) is 44.6. The molecule has 3 aliphatic rings. The number of nitrogens with zero attached hydrogens (tertiary/aromatic N) is 3. The van der Waals surface area contributed by atoms with Crippen LogP contribution >= 0.6 is 0 Å². The van der Waals surface area contributed by atoms with E-state index >= 15 is 0 Å². The van der Waals surface area contributed by atoms with Gasteiger partial charge in [0.15, 0.2) is 5.84 Å². The average molecular weight is 649 g/mol. The molecule has 4 nitrogen and oxygen atoms in total. The molecule has 3 aliphatic carbocycles. The Morgan fingerprint density at radius 2 is 1.50 bits per heavy atom. The average Bonchev–Trinajstić information content (AvgIpc) is 3.45. The number of rotatable bonds is 6. The third-order valence-corrected chi connectivity index (χ3v) is 10.8. The minimum atomic E-state index is -0.0234. The van der Waals surface area contributed by atoms with Crippen molar-refractivity contribution in [3.05, 3.63) is 173 Å². The van der Waals surface area contributed by atoms with Crippen LogP contribution in [0.5, 0.6) is 0 Å². The van der Waals surface area contributed by atoms with Gasteiger partial charge < -0.3 is 5.73 Å². The second-order valence-electron chi connectivity index (χ2n) is 13.7. The lowest BCUT2D eigenvalue weighted by Crippen LogP contribution is -2.28. The van der Waals surface area contributed by atoms with Crippen LogP contribution in [0.1, 0.15) is 71.9 Å². The maximum Gasteiger partial charge on any atom is 0.156 e. The fraction of sp³-hybridized carbons (Fsp3) is 0.196. The monoisotopic (exact) mass is 648 g/mol. The fourth-order valence-corrected chi connectivity index (χ4v) is 8.17. The smallest absolute Gasteiger partial charge is 0.156 e. The highest BCUT2D eigenvalue weighted by Crippen LogP contribution is 2.57. The van der Waals surface area contributed by atoms with Crippen molar-refractivity contribution in [3.63, 3.8) is 0 Å². The molecule has 0 saturated heterocycles. The highest BCUT2D eigenvalue weighted by atomic mass is 15.0. The van der Waals surface area contributed by atoms with E-state index in [1.54, 1.807) is 0 Å². The number of nitrogens with two attached hydrogens (primary N) is 1. The van der Waals surface area contributed by atoms with Crippen LogP contribution in [-0.2, 0) is 12.0 Å². The molecule has 0 amide bonds. The van der Waals surface area contributed by atoms with Crippen molar-refractivity contribution in [2.75, 3.05) is 0 Å². The largest absolute Gasteiger partial charge is 0.387 e. The lowest BCUT2D eigenvalue weighted by molar-refractivity contribution is 0.353. The summed E-state index contributed by atoms with van der Waals surface area (Å²) in [6.45, 7) is 0.512. The molecule has 5 aromatic rings. The van der Waals surface area contributed by atoms with Crippen LogP contribution in [0.25, 0.3) is 27.8 Å². The van der Waals surface area contributed by atoms with Gasteiger partial charge in [0.2, 0.25) is 0 Å². The first kappa shape index (κ1) is 31.5. The summed E-state index contributed by atoms with van der Waals surface area (Å²) in [4.78, 5) is 9.91. The van der Waals surface area contributed by atoms with Crippen molar-refractivity contribution in [1.82, 2.24) is 0 Å². The highest BCUT2D eigenvalue weighted by molar-refractivity contribution is 6.07. The van der Waals surface area contributed by atoms with Crippen LogP contribution in [0.2, 0.25) is 0 Å². The van der Waals surface area contributed by atoms with Gasteiger partial charge in [-0.15, -0.1) is 0 Å². The fourth-order valence-electron chi connectivity index (χ4n) is 8.17. The van der Waals surface area contributed by atoms with Crippen LogP contribution in [0, 0.1) is 17.2 Å². The Labute approximate surface area is 295 Å². The molecular weight excluding hydrogens is 609 g/mol. The zero-order valence-electron chi connectivity index (χ0n) is 28.2. The molecule has 1 saturated carbocycles. The molecule has 0 aliphatic heterocycles. The van der Waals surface area contributed by atoms with Crippen LogP contribution in [-0.4, -0.2) is 11.7 Å². The van der Waals surface area contributed by atoms with Crippen molar-refractivity contribution in [3.8, 4) is 28.3 Å². The zero-order valence-corrected chi connectivity index (χ0v) is 28.2. The van der Waals surface area contributed by atoms with E-state index in [9.17, 15) is 5.26 Å². The SMILES string of the molecule is N#Cc1ccc2c(c1)C1(CCCCC1)c1cccc(C3=CCC(/C(N)=N/C(=N\Cc4ccc(-c5ccccc5)cc4)c4ccccc4)C=C3)c1-2. The van der Waals surface area contributed by atoms with Gasteiger partial charge in [-0.1, -0.05) is 147 Å². The third kappa shape index (κ3) is 5.90. The van der Waals surface area contributed by atoms with Gasteiger partial charge in [-0.3, -0.25) is 4.99 Å². The van der Waals surface area contributed by atoms with Crippen molar-refractivity contribution >= 4 is 17.2 Å². The predicted octanol–water partition coefficient (Wildman–Crippen LogP) is 10.4. The molecule has 244 valence electrons. The van der Waals surface area contributed by atoms with E-state index in [-0.39, 0.29) is 11.3 Å². The quantitative estimate of drug-likeness (QED) is 0.147. The van der Waals surface area contributed by atoms with Gasteiger partial charge in [0.05, 0.1) is 18.2 Å². The van der Waals surface area contributed by atoms with Gasteiger partial charge in [-0.2, -0.15) is 5.26 Å². The van der Waals surface area contributed by atoms with Crippen LogP contribution < -0.4 is 5.73 Å². The van der Waals surface area contributed by atoms with Gasteiger partial charge in [-0.25, -0.2) is 4.99 Å². The topological polar surface area (TPSA) is 74.5 Å². The van der Waals surface area contributed by atoms with Gasteiger partial charge >= 0.3 is 0 Å². The number of hydrogen-bond donors (Lipinski definition) is 1. The molecule has 1 fully saturated rings. The van der Waals surface area contributed by atoms with E-state index in [0.717, 1.165) is 36.0 Å². The second-order valence-corrected chi connectivity index (χ2v) is 13.7. The molecule has 1 atom stereocenters. The molecule has 0 aromatic heterocycles. The number of hydrogen-bond acceptors (Lipinski definition) is 2.